The Morgan fingerprint density at radius 3 is 1.17 bits per heavy atom. The summed E-state index contributed by atoms with van der Waals surface area (Å²) in [6.45, 7) is 6.49. The second-order valence-electron chi connectivity index (χ2n) is 7.96. The van der Waals surface area contributed by atoms with Gasteiger partial charge in [0.25, 0.3) is 0 Å². The van der Waals surface area contributed by atoms with E-state index in [0.717, 1.165) is 13.1 Å². The molecule has 3 rings (SSSR count). The minimum atomic E-state index is 0. The molecule has 0 amide bonds. The Kier molecular flexibility index (Phi) is 12.8. The molecular weight excluding hydrogens is 500 g/mol. The van der Waals surface area contributed by atoms with Crippen molar-refractivity contribution in [3.8, 4) is 0 Å². The standard InChI is InChI=1S/C26H34N2.2BrH/c1-23-13-19-27(20-14-23)17-5-3-7-25-9-11-26(12-10-25)8-4-6-18-28-21-15-24(2)16-22-28;;/h9-16,19-22H,3-8,17-18H2,1-2H3;2*1H/q+2;;/p-2. The summed E-state index contributed by atoms with van der Waals surface area (Å²) in [5.74, 6) is 0. The fraction of sp³-hybridized carbons (Fsp3) is 0.385. The lowest BCUT2D eigenvalue weighted by Crippen LogP contribution is -3.00. The van der Waals surface area contributed by atoms with Crippen LogP contribution in [0.3, 0.4) is 0 Å². The molecule has 0 N–H and O–H groups in total. The van der Waals surface area contributed by atoms with Crippen molar-refractivity contribution in [2.24, 2.45) is 0 Å². The van der Waals surface area contributed by atoms with E-state index in [1.165, 1.54) is 60.8 Å². The molecule has 0 saturated heterocycles. The number of halogens is 2. The van der Waals surface area contributed by atoms with Crippen LogP contribution in [0.4, 0.5) is 0 Å². The quantitative estimate of drug-likeness (QED) is 0.232. The van der Waals surface area contributed by atoms with Crippen molar-refractivity contribution >= 4 is 0 Å². The zero-order chi connectivity index (χ0) is 19.6. The lowest BCUT2D eigenvalue weighted by Gasteiger charge is -2.04. The van der Waals surface area contributed by atoms with Gasteiger partial charge in [0.15, 0.2) is 24.8 Å². The Morgan fingerprint density at radius 2 is 0.833 bits per heavy atom. The van der Waals surface area contributed by atoms with E-state index in [2.05, 4.69) is 96.3 Å². The van der Waals surface area contributed by atoms with Crippen molar-refractivity contribution in [2.45, 2.75) is 65.5 Å². The number of nitrogens with zero attached hydrogens (tertiary/aromatic N) is 2. The lowest BCUT2D eigenvalue weighted by molar-refractivity contribution is -0.697. The molecule has 4 heteroatoms. The van der Waals surface area contributed by atoms with E-state index < -0.39 is 0 Å². The molecule has 0 bridgehead atoms. The summed E-state index contributed by atoms with van der Waals surface area (Å²) >= 11 is 0. The number of rotatable bonds is 10. The highest BCUT2D eigenvalue weighted by molar-refractivity contribution is 5.22. The summed E-state index contributed by atoms with van der Waals surface area (Å²) in [5.41, 5.74) is 5.58. The summed E-state index contributed by atoms with van der Waals surface area (Å²) in [6, 6.07) is 18.0. The third kappa shape index (κ3) is 9.53. The third-order valence-electron chi connectivity index (χ3n) is 5.40. The lowest BCUT2D eigenvalue weighted by atomic mass is 10.0. The molecule has 162 valence electrons. The zero-order valence-corrected chi connectivity index (χ0v) is 21.4. The molecule has 0 radical (unpaired) electrons. The van der Waals surface area contributed by atoms with Gasteiger partial charge in [0.05, 0.1) is 0 Å². The van der Waals surface area contributed by atoms with Crippen LogP contribution in [0.5, 0.6) is 0 Å². The SMILES string of the molecule is Cc1cc[n+](CCCCc2ccc(CCCC[n+]3ccc(C)cc3)cc2)cc1.[Br-].[Br-]. The maximum atomic E-state index is 2.32. The minimum Gasteiger partial charge on any atom is -1.00 e. The molecule has 3 aromatic rings. The Balaban J connectivity index is 0.00000225. The van der Waals surface area contributed by atoms with Gasteiger partial charge in [-0.2, -0.15) is 0 Å². The first-order valence-corrected chi connectivity index (χ1v) is 10.7. The number of aromatic nitrogens is 2. The van der Waals surface area contributed by atoms with Gasteiger partial charge >= 0.3 is 0 Å². The van der Waals surface area contributed by atoms with E-state index in [1.807, 2.05) is 0 Å². The van der Waals surface area contributed by atoms with Gasteiger partial charge in [-0.3, -0.25) is 0 Å². The number of benzene rings is 1. The van der Waals surface area contributed by atoms with Crippen LogP contribution in [0.1, 0.15) is 47.9 Å². The number of unbranched alkanes of at least 4 members (excludes halogenated alkanes) is 2. The Morgan fingerprint density at radius 1 is 0.500 bits per heavy atom. The van der Waals surface area contributed by atoms with Crippen molar-refractivity contribution in [1.29, 1.82) is 0 Å². The molecule has 0 saturated carbocycles. The van der Waals surface area contributed by atoms with Crippen LogP contribution in [-0.2, 0) is 25.9 Å². The zero-order valence-electron chi connectivity index (χ0n) is 18.2. The average Bonchev–Trinajstić information content (AvgIpc) is 2.72. The highest BCUT2D eigenvalue weighted by Crippen LogP contribution is 2.10. The summed E-state index contributed by atoms with van der Waals surface area (Å²) in [7, 11) is 0. The molecule has 0 aliphatic rings. The van der Waals surface area contributed by atoms with Crippen LogP contribution >= 0.6 is 0 Å². The van der Waals surface area contributed by atoms with E-state index in [0.29, 0.717) is 0 Å². The van der Waals surface area contributed by atoms with Gasteiger partial charge in [-0.05, 0) is 61.8 Å². The average molecular weight is 534 g/mol. The van der Waals surface area contributed by atoms with Crippen LogP contribution in [0.25, 0.3) is 0 Å². The number of hydrogen-bond donors (Lipinski definition) is 0. The van der Waals surface area contributed by atoms with Crippen molar-refractivity contribution < 1.29 is 43.1 Å². The van der Waals surface area contributed by atoms with Crippen LogP contribution in [-0.4, -0.2) is 0 Å². The largest absolute Gasteiger partial charge is 1.00 e. The van der Waals surface area contributed by atoms with Crippen LogP contribution in [0.2, 0.25) is 0 Å². The molecule has 2 heterocycles. The molecule has 0 fully saturated rings. The van der Waals surface area contributed by atoms with Crippen molar-refractivity contribution in [1.82, 2.24) is 0 Å². The highest BCUT2D eigenvalue weighted by atomic mass is 79.9. The minimum absolute atomic E-state index is 0. The maximum absolute atomic E-state index is 2.32. The maximum Gasteiger partial charge on any atom is 0.169 e. The van der Waals surface area contributed by atoms with E-state index in [1.54, 1.807) is 0 Å². The van der Waals surface area contributed by atoms with Gasteiger partial charge in [0.1, 0.15) is 13.1 Å². The first-order valence-electron chi connectivity index (χ1n) is 10.7. The van der Waals surface area contributed by atoms with Gasteiger partial charge in [-0.15, -0.1) is 0 Å². The normalized spacial score (nSPS) is 10.2. The van der Waals surface area contributed by atoms with Crippen LogP contribution in [0, 0.1) is 13.8 Å². The van der Waals surface area contributed by atoms with Gasteiger partial charge in [0.2, 0.25) is 0 Å². The summed E-state index contributed by atoms with van der Waals surface area (Å²) in [6.07, 6.45) is 16.0. The third-order valence-corrected chi connectivity index (χ3v) is 5.40. The van der Waals surface area contributed by atoms with E-state index in [-0.39, 0.29) is 34.0 Å². The summed E-state index contributed by atoms with van der Waals surface area (Å²) in [5, 5.41) is 0. The Labute approximate surface area is 203 Å². The Hall–Kier alpha value is -1.52. The highest BCUT2D eigenvalue weighted by Gasteiger charge is 2.02. The molecule has 2 aromatic heterocycles. The fourth-order valence-electron chi connectivity index (χ4n) is 3.48. The summed E-state index contributed by atoms with van der Waals surface area (Å²) in [4.78, 5) is 0. The number of aryl methyl sites for hydroxylation is 6. The molecule has 0 spiro atoms. The van der Waals surface area contributed by atoms with E-state index >= 15 is 0 Å². The molecule has 0 aliphatic heterocycles. The second kappa shape index (κ2) is 14.5. The molecule has 0 unspecified atom stereocenters. The Bertz CT molecular complexity index is 756. The molecule has 0 aliphatic carbocycles. The van der Waals surface area contributed by atoms with Gasteiger partial charge in [0, 0.05) is 37.1 Å². The van der Waals surface area contributed by atoms with E-state index in [9.17, 15) is 0 Å². The topological polar surface area (TPSA) is 7.76 Å². The van der Waals surface area contributed by atoms with Gasteiger partial charge in [-0.1, -0.05) is 24.3 Å². The van der Waals surface area contributed by atoms with Crippen molar-refractivity contribution in [3.63, 3.8) is 0 Å². The molecule has 0 atom stereocenters. The van der Waals surface area contributed by atoms with Crippen molar-refractivity contribution in [2.75, 3.05) is 0 Å². The van der Waals surface area contributed by atoms with Gasteiger partial charge < -0.3 is 34.0 Å². The monoisotopic (exact) mass is 532 g/mol. The smallest absolute Gasteiger partial charge is 0.169 e. The first kappa shape index (κ1) is 26.5. The predicted octanol–water partition coefficient (Wildman–Crippen LogP) is -1.07. The molecular formula is C26H34Br2N2. The van der Waals surface area contributed by atoms with Gasteiger partial charge in [-0.25, -0.2) is 9.13 Å². The predicted molar refractivity (Wildman–Crippen MR) is 115 cm³/mol. The number of hydrogen-bond acceptors (Lipinski definition) is 0. The number of pyridine rings is 2. The van der Waals surface area contributed by atoms with Crippen molar-refractivity contribution in [3.05, 3.63) is 95.6 Å². The fourth-order valence-corrected chi connectivity index (χ4v) is 3.48. The van der Waals surface area contributed by atoms with E-state index in [4.69, 9.17) is 0 Å². The first-order chi connectivity index (χ1) is 13.7. The summed E-state index contributed by atoms with van der Waals surface area (Å²) < 4.78 is 4.57. The van der Waals surface area contributed by atoms with Crippen LogP contribution in [0.15, 0.2) is 73.3 Å². The molecule has 2 nitrogen and oxygen atoms in total. The molecule has 30 heavy (non-hydrogen) atoms. The molecule has 1 aromatic carbocycles. The van der Waals surface area contributed by atoms with Crippen LogP contribution < -0.4 is 43.1 Å². The second-order valence-corrected chi connectivity index (χ2v) is 7.96.